The molecular formula is C5H4O2S. The van der Waals surface area contributed by atoms with Crippen LogP contribution in [0, 0.1) is 0 Å². The molecule has 0 amide bonds. The van der Waals surface area contributed by atoms with Gasteiger partial charge >= 0.3 is 0 Å². The Morgan fingerprint density at radius 1 is 1.75 bits per heavy atom. The number of ether oxygens (including phenoxy) is 1. The topological polar surface area (TPSA) is 26.3 Å². The molecule has 0 bridgehead atoms. The highest BCUT2D eigenvalue weighted by Crippen LogP contribution is 2.13. The van der Waals surface area contributed by atoms with Crippen molar-refractivity contribution in [3.05, 3.63) is 16.8 Å². The van der Waals surface area contributed by atoms with Crippen LogP contribution in [0.25, 0.3) is 0 Å². The van der Waals surface area contributed by atoms with Crippen molar-refractivity contribution in [2.24, 2.45) is 0 Å². The van der Waals surface area contributed by atoms with Crippen molar-refractivity contribution >= 4 is 17.8 Å². The smallest absolute Gasteiger partial charge is 0.298 e. The zero-order chi connectivity index (χ0) is 5.82. The van der Waals surface area contributed by atoms with Gasteiger partial charge in [0.05, 0.1) is 0 Å². The summed E-state index contributed by atoms with van der Waals surface area (Å²) in [5.74, 6) is 0.616. The first kappa shape index (κ1) is 5.31. The van der Waals surface area contributed by atoms with Crippen LogP contribution in [0.15, 0.2) is 16.8 Å². The van der Waals surface area contributed by atoms with Gasteiger partial charge < -0.3 is 4.74 Å². The number of rotatable bonds is 2. The molecule has 0 aliphatic rings. The van der Waals surface area contributed by atoms with Gasteiger partial charge in [0.25, 0.3) is 6.47 Å². The minimum Gasteiger partial charge on any atom is -0.428 e. The molecule has 0 fully saturated rings. The van der Waals surface area contributed by atoms with Gasteiger partial charge in [0.2, 0.25) is 0 Å². The van der Waals surface area contributed by atoms with E-state index in [0.717, 1.165) is 0 Å². The second-order valence-corrected chi connectivity index (χ2v) is 1.95. The first-order valence-corrected chi connectivity index (χ1v) is 3.00. The van der Waals surface area contributed by atoms with Gasteiger partial charge in [0.15, 0.2) is 0 Å². The normalized spacial score (nSPS) is 8.50. The number of carbonyl (C=O) groups is 1. The van der Waals surface area contributed by atoms with E-state index in [0.29, 0.717) is 12.2 Å². The van der Waals surface area contributed by atoms with E-state index in [-0.39, 0.29) is 0 Å². The Balaban J connectivity index is 2.62. The van der Waals surface area contributed by atoms with Crippen molar-refractivity contribution in [3.63, 3.8) is 0 Å². The average Bonchev–Trinajstić information content (AvgIpc) is 2.19. The summed E-state index contributed by atoms with van der Waals surface area (Å²) in [5.41, 5.74) is 0. The highest BCUT2D eigenvalue weighted by atomic mass is 32.1. The van der Waals surface area contributed by atoms with Crippen molar-refractivity contribution < 1.29 is 9.53 Å². The maximum atomic E-state index is 9.65. The van der Waals surface area contributed by atoms with Crippen LogP contribution in [0.3, 0.4) is 0 Å². The van der Waals surface area contributed by atoms with Crippen molar-refractivity contribution in [1.82, 2.24) is 0 Å². The summed E-state index contributed by atoms with van der Waals surface area (Å²) >= 11 is 1.50. The molecule has 3 heteroatoms. The Hall–Kier alpha value is -0.830. The van der Waals surface area contributed by atoms with Crippen LogP contribution in [-0.4, -0.2) is 6.47 Å². The van der Waals surface area contributed by atoms with Crippen molar-refractivity contribution in [2.75, 3.05) is 0 Å². The predicted molar refractivity (Wildman–Crippen MR) is 31.0 cm³/mol. The molecular weight excluding hydrogens is 124 g/mol. The number of carbonyl (C=O) groups excluding carboxylic acids is 1. The zero-order valence-electron chi connectivity index (χ0n) is 4.03. The van der Waals surface area contributed by atoms with E-state index in [1.54, 1.807) is 11.4 Å². The van der Waals surface area contributed by atoms with E-state index in [1.165, 1.54) is 11.3 Å². The molecule has 0 unspecified atom stereocenters. The summed E-state index contributed by atoms with van der Waals surface area (Å²) in [6, 6.07) is 1.74. The van der Waals surface area contributed by atoms with Crippen molar-refractivity contribution in [1.29, 1.82) is 0 Å². The van der Waals surface area contributed by atoms with Crippen LogP contribution < -0.4 is 4.74 Å². The van der Waals surface area contributed by atoms with Gasteiger partial charge in [-0.2, -0.15) is 0 Å². The standard InChI is InChI=1S/C5H4O2S/c6-4-7-5-1-2-8-3-5/h1-4H. The Morgan fingerprint density at radius 3 is 3.12 bits per heavy atom. The van der Waals surface area contributed by atoms with Crippen LogP contribution in [0.5, 0.6) is 5.75 Å². The van der Waals surface area contributed by atoms with E-state index >= 15 is 0 Å². The lowest BCUT2D eigenvalue weighted by Crippen LogP contribution is -1.83. The molecule has 0 N–H and O–H groups in total. The summed E-state index contributed by atoms with van der Waals surface area (Å²) in [4.78, 5) is 9.65. The monoisotopic (exact) mass is 128 g/mol. The van der Waals surface area contributed by atoms with Gasteiger partial charge in [-0.05, 0) is 11.4 Å². The third-order valence-electron chi connectivity index (χ3n) is 0.679. The van der Waals surface area contributed by atoms with Gasteiger partial charge in [-0.15, -0.1) is 11.3 Å². The number of thiophene rings is 1. The molecule has 42 valence electrons. The summed E-state index contributed by atoms with van der Waals surface area (Å²) in [6.45, 7) is 0.419. The summed E-state index contributed by atoms with van der Waals surface area (Å²) < 4.78 is 4.48. The maximum absolute atomic E-state index is 9.65. The molecule has 0 saturated carbocycles. The third kappa shape index (κ3) is 1.07. The molecule has 0 radical (unpaired) electrons. The molecule has 0 saturated heterocycles. The fourth-order valence-electron chi connectivity index (χ4n) is 0.375. The Labute approximate surface area is 50.7 Å². The van der Waals surface area contributed by atoms with Crippen molar-refractivity contribution in [2.45, 2.75) is 0 Å². The minimum atomic E-state index is 0.419. The van der Waals surface area contributed by atoms with Crippen LogP contribution in [0.2, 0.25) is 0 Å². The second kappa shape index (κ2) is 2.47. The Bertz CT molecular complexity index is 157. The lowest BCUT2D eigenvalue weighted by molar-refractivity contribution is -0.120. The summed E-state index contributed by atoms with van der Waals surface area (Å²) in [5, 5.41) is 3.60. The van der Waals surface area contributed by atoms with Gasteiger partial charge in [0.1, 0.15) is 5.75 Å². The van der Waals surface area contributed by atoms with Crippen LogP contribution >= 0.6 is 11.3 Å². The molecule has 0 spiro atoms. The predicted octanol–water partition coefficient (Wildman–Crippen LogP) is 1.28. The molecule has 0 aliphatic carbocycles. The van der Waals surface area contributed by atoms with Gasteiger partial charge in [-0.25, -0.2) is 0 Å². The zero-order valence-corrected chi connectivity index (χ0v) is 4.85. The van der Waals surface area contributed by atoms with E-state index in [9.17, 15) is 4.79 Å². The third-order valence-corrected chi connectivity index (χ3v) is 1.34. The molecule has 0 aliphatic heterocycles. The lowest BCUT2D eigenvalue weighted by Gasteiger charge is -1.84. The Kier molecular flexibility index (Phi) is 1.64. The summed E-state index contributed by atoms with van der Waals surface area (Å²) in [6.07, 6.45) is 0. The fourth-order valence-corrected chi connectivity index (χ4v) is 0.934. The lowest BCUT2D eigenvalue weighted by atomic mass is 10.6. The van der Waals surface area contributed by atoms with Crippen LogP contribution in [0.4, 0.5) is 0 Å². The van der Waals surface area contributed by atoms with Gasteiger partial charge in [-0.1, -0.05) is 0 Å². The van der Waals surface area contributed by atoms with E-state index in [2.05, 4.69) is 4.74 Å². The molecule has 1 aromatic rings. The molecule has 2 nitrogen and oxygen atoms in total. The Morgan fingerprint density at radius 2 is 2.62 bits per heavy atom. The fraction of sp³-hybridized carbons (Fsp3) is 0. The number of hydrogen-bond donors (Lipinski definition) is 0. The van der Waals surface area contributed by atoms with Gasteiger partial charge in [0, 0.05) is 5.38 Å². The summed E-state index contributed by atoms with van der Waals surface area (Å²) in [7, 11) is 0. The SMILES string of the molecule is O=COc1ccsc1. The molecule has 1 aromatic heterocycles. The molecule has 0 atom stereocenters. The second-order valence-electron chi connectivity index (χ2n) is 1.17. The van der Waals surface area contributed by atoms with Crippen LogP contribution in [0.1, 0.15) is 0 Å². The average molecular weight is 128 g/mol. The largest absolute Gasteiger partial charge is 0.428 e. The maximum Gasteiger partial charge on any atom is 0.298 e. The molecule has 8 heavy (non-hydrogen) atoms. The highest BCUT2D eigenvalue weighted by molar-refractivity contribution is 7.08. The van der Waals surface area contributed by atoms with Crippen LogP contribution in [-0.2, 0) is 4.79 Å². The minimum absolute atomic E-state index is 0.419. The van der Waals surface area contributed by atoms with Gasteiger partial charge in [-0.3, -0.25) is 4.79 Å². The molecule has 1 rings (SSSR count). The quantitative estimate of drug-likeness (QED) is 0.561. The first-order valence-electron chi connectivity index (χ1n) is 2.06. The van der Waals surface area contributed by atoms with E-state index in [4.69, 9.17) is 0 Å². The van der Waals surface area contributed by atoms with Crippen molar-refractivity contribution in [3.8, 4) is 5.75 Å². The van der Waals surface area contributed by atoms with E-state index < -0.39 is 0 Å². The van der Waals surface area contributed by atoms with E-state index in [1.807, 2.05) is 5.38 Å². The molecule has 0 aromatic carbocycles. The highest BCUT2D eigenvalue weighted by Gasteiger charge is 1.86. The molecule has 1 heterocycles. The number of hydrogen-bond acceptors (Lipinski definition) is 3. The first-order chi connectivity index (χ1) is 3.93.